The Hall–Kier alpha value is -1.90. The van der Waals surface area contributed by atoms with Crippen LogP contribution in [0.2, 0.25) is 0 Å². The molecule has 0 spiro atoms. The Morgan fingerprint density at radius 2 is 1.69 bits per heavy atom. The summed E-state index contributed by atoms with van der Waals surface area (Å²) in [7, 11) is 0. The predicted octanol–water partition coefficient (Wildman–Crippen LogP) is 1.61. The number of hydrogen-bond acceptors (Lipinski definition) is 1. The van der Waals surface area contributed by atoms with Crippen molar-refractivity contribution in [3.8, 4) is 0 Å². The fourth-order valence-electron chi connectivity index (χ4n) is 1.77. The maximum atomic E-state index is 5.91. The van der Waals surface area contributed by atoms with Crippen LogP contribution in [0, 0.1) is 0 Å². The minimum absolute atomic E-state index is 1.02. The average molecular weight is 171 g/mol. The zero-order valence-corrected chi connectivity index (χ0v) is 7.01. The lowest BCUT2D eigenvalue weighted by molar-refractivity contribution is 1.09. The van der Waals surface area contributed by atoms with Crippen molar-refractivity contribution in [2.45, 2.75) is 0 Å². The van der Waals surface area contributed by atoms with E-state index in [2.05, 4.69) is 10.5 Å². The van der Waals surface area contributed by atoms with Crippen LogP contribution in [-0.4, -0.2) is 9.08 Å². The summed E-state index contributed by atoms with van der Waals surface area (Å²) in [6.07, 6.45) is 2.01. The molecule has 0 aliphatic carbocycles. The molecule has 3 aromatic rings. The molecule has 13 heavy (non-hydrogen) atoms. The van der Waals surface area contributed by atoms with E-state index in [1.807, 2.05) is 36.5 Å². The van der Waals surface area contributed by atoms with E-state index in [0.29, 0.717) is 0 Å². The molecule has 0 amide bonds. The molecule has 0 fully saturated rings. The largest absolute Gasteiger partial charge is 0.337 e. The fourth-order valence-corrected chi connectivity index (χ4v) is 1.77. The highest BCUT2D eigenvalue weighted by Crippen LogP contribution is 2.18. The third kappa shape index (κ3) is 0.685. The second kappa shape index (κ2) is 2.07. The Kier molecular flexibility index (Phi) is 1.05. The summed E-state index contributed by atoms with van der Waals surface area (Å²) in [5, 5.41) is 0. The highest BCUT2D eigenvalue weighted by molar-refractivity contribution is 5.81. The molecule has 3 heteroatoms. The van der Waals surface area contributed by atoms with Gasteiger partial charge in [-0.2, -0.15) is 0 Å². The van der Waals surface area contributed by atoms with Gasteiger partial charge in [-0.25, -0.2) is 4.68 Å². The quantitative estimate of drug-likeness (QED) is 0.512. The molecule has 1 aromatic carbocycles. The third-order valence-electron chi connectivity index (χ3n) is 2.37. The number of benzene rings is 1. The van der Waals surface area contributed by atoms with E-state index in [4.69, 9.17) is 5.84 Å². The van der Waals surface area contributed by atoms with Crippen LogP contribution in [0.5, 0.6) is 0 Å². The summed E-state index contributed by atoms with van der Waals surface area (Å²) in [5.74, 6) is 5.91. The number of nitrogens with two attached hydrogens (primary N) is 1. The lowest BCUT2D eigenvalue weighted by Gasteiger charge is -1.93. The number of para-hydroxylation sites is 2. The Balaban J connectivity index is 2.72. The van der Waals surface area contributed by atoms with Gasteiger partial charge in [0.2, 0.25) is 0 Å². The molecule has 0 saturated carbocycles. The maximum absolute atomic E-state index is 5.91. The molecule has 2 heterocycles. The number of fused-ring (bicyclic) bond motifs is 3. The molecule has 0 radical (unpaired) electrons. The van der Waals surface area contributed by atoms with Crippen molar-refractivity contribution in [3.05, 3.63) is 42.6 Å². The molecule has 3 rings (SSSR count). The van der Waals surface area contributed by atoms with Gasteiger partial charge in [-0.05, 0) is 24.3 Å². The molecule has 0 saturated heterocycles. The summed E-state index contributed by atoms with van der Waals surface area (Å²) >= 11 is 0. The molecule has 0 aliphatic rings. The van der Waals surface area contributed by atoms with E-state index in [1.54, 1.807) is 4.68 Å². The van der Waals surface area contributed by atoms with Crippen molar-refractivity contribution in [2.24, 2.45) is 0 Å². The van der Waals surface area contributed by atoms with Gasteiger partial charge in [0.15, 0.2) is 0 Å². The van der Waals surface area contributed by atoms with Crippen LogP contribution >= 0.6 is 0 Å². The third-order valence-corrected chi connectivity index (χ3v) is 2.37. The summed E-state index contributed by atoms with van der Waals surface area (Å²) in [5.41, 5.74) is 3.21. The summed E-state index contributed by atoms with van der Waals surface area (Å²) in [6, 6.07) is 12.1. The average Bonchev–Trinajstić information content (AvgIpc) is 2.72. The maximum Gasteiger partial charge on any atom is 0.136 e. The molecular weight excluding hydrogens is 162 g/mol. The van der Waals surface area contributed by atoms with Gasteiger partial charge in [-0.1, -0.05) is 12.1 Å². The van der Waals surface area contributed by atoms with Gasteiger partial charge in [0, 0.05) is 6.20 Å². The van der Waals surface area contributed by atoms with Gasteiger partial charge in [-0.3, -0.25) is 4.40 Å². The summed E-state index contributed by atoms with van der Waals surface area (Å²) < 4.78 is 3.78. The van der Waals surface area contributed by atoms with E-state index in [9.17, 15) is 0 Å². The van der Waals surface area contributed by atoms with E-state index >= 15 is 0 Å². The molecule has 2 N–H and O–H groups in total. The molecular formula is C10H9N3. The number of rotatable bonds is 0. The minimum Gasteiger partial charge on any atom is -0.337 e. The van der Waals surface area contributed by atoms with Crippen LogP contribution in [0.15, 0.2) is 42.6 Å². The molecule has 0 atom stereocenters. The number of nitrogen functional groups attached to an aromatic ring is 1. The van der Waals surface area contributed by atoms with Crippen LogP contribution in [0.4, 0.5) is 0 Å². The minimum atomic E-state index is 1.02. The first-order valence-corrected chi connectivity index (χ1v) is 4.19. The van der Waals surface area contributed by atoms with Crippen LogP contribution in [0.3, 0.4) is 0 Å². The number of aromatic nitrogens is 2. The van der Waals surface area contributed by atoms with E-state index in [1.165, 1.54) is 0 Å². The van der Waals surface area contributed by atoms with Crippen molar-refractivity contribution in [1.29, 1.82) is 0 Å². The second-order valence-electron chi connectivity index (χ2n) is 3.10. The van der Waals surface area contributed by atoms with Gasteiger partial charge in [-0.15, -0.1) is 0 Å². The normalized spacial score (nSPS) is 11.4. The van der Waals surface area contributed by atoms with Gasteiger partial charge >= 0.3 is 0 Å². The number of hydrogen-bond donors (Lipinski definition) is 1. The first-order valence-electron chi connectivity index (χ1n) is 4.19. The van der Waals surface area contributed by atoms with E-state index in [0.717, 1.165) is 16.7 Å². The Morgan fingerprint density at radius 1 is 0.923 bits per heavy atom. The van der Waals surface area contributed by atoms with Gasteiger partial charge in [0.25, 0.3) is 0 Å². The van der Waals surface area contributed by atoms with Gasteiger partial charge in [0.05, 0.1) is 11.0 Å². The van der Waals surface area contributed by atoms with Crippen molar-refractivity contribution in [2.75, 3.05) is 5.84 Å². The first-order chi connectivity index (χ1) is 6.38. The molecule has 0 unspecified atom stereocenters. The molecule has 3 nitrogen and oxygen atoms in total. The van der Waals surface area contributed by atoms with Crippen LogP contribution < -0.4 is 5.84 Å². The number of nitrogens with zero attached hydrogens (tertiary/aromatic N) is 2. The van der Waals surface area contributed by atoms with Crippen LogP contribution in [0.25, 0.3) is 16.7 Å². The highest BCUT2D eigenvalue weighted by Gasteiger charge is 2.05. The van der Waals surface area contributed by atoms with Crippen molar-refractivity contribution in [3.63, 3.8) is 0 Å². The summed E-state index contributed by atoms with van der Waals surface area (Å²) in [4.78, 5) is 0. The molecule has 0 bridgehead atoms. The molecule has 2 aromatic heterocycles. The predicted molar refractivity (Wildman–Crippen MR) is 53.0 cm³/mol. The Bertz CT molecular complexity index is 574. The fraction of sp³-hybridized carbons (Fsp3) is 0. The number of imidazole rings is 1. The van der Waals surface area contributed by atoms with Crippen LogP contribution in [-0.2, 0) is 0 Å². The molecule has 0 aliphatic heterocycles. The van der Waals surface area contributed by atoms with Gasteiger partial charge < -0.3 is 5.84 Å². The SMILES string of the molecule is Nn1c2ccccc2n2cccc12. The van der Waals surface area contributed by atoms with E-state index < -0.39 is 0 Å². The van der Waals surface area contributed by atoms with Crippen molar-refractivity contribution < 1.29 is 0 Å². The summed E-state index contributed by atoms with van der Waals surface area (Å²) in [6.45, 7) is 0. The van der Waals surface area contributed by atoms with Gasteiger partial charge in [0.1, 0.15) is 5.65 Å². The standard InChI is InChI=1S/C10H9N3/c11-13-9-5-2-1-4-8(9)12-7-3-6-10(12)13/h1-7H,11H2. The smallest absolute Gasteiger partial charge is 0.136 e. The molecule has 64 valence electrons. The lowest BCUT2D eigenvalue weighted by atomic mass is 10.3. The highest BCUT2D eigenvalue weighted by atomic mass is 15.3. The Morgan fingerprint density at radius 3 is 2.54 bits per heavy atom. The van der Waals surface area contributed by atoms with Crippen molar-refractivity contribution >= 4 is 16.7 Å². The Labute approximate surface area is 75.0 Å². The second-order valence-corrected chi connectivity index (χ2v) is 3.10. The van der Waals surface area contributed by atoms with E-state index in [-0.39, 0.29) is 0 Å². The topological polar surface area (TPSA) is 35.4 Å². The monoisotopic (exact) mass is 171 g/mol. The zero-order chi connectivity index (χ0) is 8.84. The zero-order valence-electron chi connectivity index (χ0n) is 7.01. The van der Waals surface area contributed by atoms with Crippen LogP contribution in [0.1, 0.15) is 0 Å². The van der Waals surface area contributed by atoms with Crippen molar-refractivity contribution in [1.82, 2.24) is 9.08 Å². The first kappa shape index (κ1) is 6.60. The lowest BCUT2D eigenvalue weighted by Crippen LogP contribution is -2.06.